The van der Waals surface area contributed by atoms with E-state index in [1.54, 1.807) is 7.11 Å². The summed E-state index contributed by atoms with van der Waals surface area (Å²) in [6.07, 6.45) is 8.47. The van der Waals surface area contributed by atoms with E-state index in [0.717, 1.165) is 64.6 Å². The second-order valence-corrected chi connectivity index (χ2v) is 7.32. The first-order valence-electron chi connectivity index (χ1n) is 9.89. The summed E-state index contributed by atoms with van der Waals surface area (Å²) >= 11 is 0. The molecular formula is C19H38IN3O2. The van der Waals surface area contributed by atoms with E-state index in [9.17, 15) is 0 Å². The maximum Gasteiger partial charge on any atom is 0.194 e. The number of nitrogens with one attached hydrogen (secondary N) is 1. The molecule has 1 saturated heterocycles. The van der Waals surface area contributed by atoms with E-state index < -0.39 is 0 Å². The van der Waals surface area contributed by atoms with Gasteiger partial charge in [0.1, 0.15) is 0 Å². The number of likely N-dealkylation sites (tertiary alicyclic amines) is 1. The third-order valence-corrected chi connectivity index (χ3v) is 5.22. The molecule has 5 nitrogen and oxygen atoms in total. The van der Waals surface area contributed by atoms with E-state index in [4.69, 9.17) is 14.5 Å². The number of guanidine groups is 1. The van der Waals surface area contributed by atoms with Crippen LogP contribution in [0.1, 0.15) is 58.8 Å². The first kappa shape index (κ1) is 23.0. The van der Waals surface area contributed by atoms with Crippen LogP contribution in [-0.2, 0) is 9.47 Å². The zero-order valence-corrected chi connectivity index (χ0v) is 18.7. The maximum absolute atomic E-state index is 6.30. The van der Waals surface area contributed by atoms with Crippen LogP contribution in [0.5, 0.6) is 0 Å². The Morgan fingerprint density at radius 2 is 2.00 bits per heavy atom. The molecule has 1 atom stereocenters. The lowest BCUT2D eigenvalue weighted by Crippen LogP contribution is -2.43. The number of ether oxygens (including phenoxy) is 2. The van der Waals surface area contributed by atoms with Crippen molar-refractivity contribution in [2.45, 2.75) is 64.4 Å². The Labute approximate surface area is 171 Å². The largest absolute Gasteiger partial charge is 0.384 e. The summed E-state index contributed by atoms with van der Waals surface area (Å²) in [6, 6.07) is 0. The van der Waals surface area contributed by atoms with Crippen LogP contribution in [-0.4, -0.2) is 63.0 Å². The first-order chi connectivity index (χ1) is 11.7. The molecule has 1 saturated carbocycles. The topological polar surface area (TPSA) is 46.1 Å². The van der Waals surface area contributed by atoms with Crippen molar-refractivity contribution < 1.29 is 9.47 Å². The highest BCUT2D eigenvalue weighted by atomic mass is 127. The van der Waals surface area contributed by atoms with Crippen LogP contribution in [0.4, 0.5) is 0 Å². The zero-order valence-electron chi connectivity index (χ0n) is 16.4. The fourth-order valence-corrected chi connectivity index (χ4v) is 3.90. The van der Waals surface area contributed by atoms with Gasteiger partial charge in [0.25, 0.3) is 0 Å². The van der Waals surface area contributed by atoms with Crippen molar-refractivity contribution in [2.24, 2.45) is 10.9 Å². The van der Waals surface area contributed by atoms with Crippen LogP contribution in [0.2, 0.25) is 0 Å². The molecule has 148 valence electrons. The molecular weight excluding hydrogens is 429 g/mol. The number of aliphatic imine (C=N–C) groups is 1. The monoisotopic (exact) mass is 467 g/mol. The van der Waals surface area contributed by atoms with Crippen molar-refractivity contribution in [2.75, 3.05) is 46.5 Å². The minimum absolute atomic E-state index is 0. The van der Waals surface area contributed by atoms with Crippen LogP contribution < -0.4 is 5.32 Å². The molecule has 1 aliphatic carbocycles. The van der Waals surface area contributed by atoms with Gasteiger partial charge in [-0.05, 0) is 32.6 Å². The Hall–Kier alpha value is -0.0800. The van der Waals surface area contributed by atoms with Gasteiger partial charge in [-0.1, -0.05) is 26.2 Å². The maximum atomic E-state index is 6.30. The van der Waals surface area contributed by atoms with Crippen molar-refractivity contribution in [3.63, 3.8) is 0 Å². The molecule has 6 heteroatoms. The molecule has 1 aliphatic heterocycles. The van der Waals surface area contributed by atoms with E-state index >= 15 is 0 Å². The van der Waals surface area contributed by atoms with Crippen LogP contribution in [0.25, 0.3) is 0 Å². The molecule has 0 spiro atoms. The van der Waals surface area contributed by atoms with Gasteiger partial charge in [-0.3, -0.25) is 4.99 Å². The van der Waals surface area contributed by atoms with Crippen LogP contribution >= 0.6 is 24.0 Å². The minimum Gasteiger partial charge on any atom is -0.384 e. The average Bonchev–Trinajstić information content (AvgIpc) is 3.07. The predicted octanol–water partition coefficient (Wildman–Crippen LogP) is 3.67. The number of methoxy groups -OCH3 is 1. The van der Waals surface area contributed by atoms with E-state index in [1.165, 1.54) is 25.7 Å². The lowest BCUT2D eigenvalue weighted by molar-refractivity contribution is -0.0625. The normalized spacial score (nSPS) is 23.4. The highest BCUT2D eigenvalue weighted by Gasteiger charge is 2.33. The summed E-state index contributed by atoms with van der Waals surface area (Å²) in [4.78, 5) is 7.40. The van der Waals surface area contributed by atoms with Crippen LogP contribution in [0.15, 0.2) is 4.99 Å². The van der Waals surface area contributed by atoms with Crippen molar-refractivity contribution >= 4 is 29.9 Å². The number of rotatable bonds is 8. The predicted molar refractivity (Wildman–Crippen MR) is 115 cm³/mol. The zero-order chi connectivity index (χ0) is 17.3. The van der Waals surface area contributed by atoms with Gasteiger partial charge < -0.3 is 19.7 Å². The smallest absolute Gasteiger partial charge is 0.194 e. The summed E-state index contributed by atoms with van der Waals surface area (Å²) in [6.45, 7) is 9.84. The third-order valence-electron chi connectivity index (χ3n) is 5.22. The highest BCUT2D eigenvalue weighted by molar-refractivity contribution is 14.0. The van der Waals surface area contributed by atoms with Gasteiger partial charge >= 0.3 is 0 Å². The molecule has 0 aromatic carbocycles. The van der Waals surface area contributed by atoms with Gasteiger partial charge in [-0.15, -0.1) is 24.0 Å². The number of nitrogens with zero attached hydrogens (tertiary/aromatic N) is 2. The number of halogens is 1. The molecule has 2 rings (SSSR count). The fourth-order valence-electron chi connectivity index (χ4n) is 3.90. The summed E-state index contributed by atoms with van der Waals surface area (Å²) in [7, 11) is 1.79. The summed E-state index contributed by atoms with van der Waals surface area (Å²) in [5.41, 5.74) is -0.0272. The van der Waals surface area contributed by atoms with Gasteiger partial charge in [0, 0.05) is 39.3 Å². The molecule has 0 aromatic rings. The van der Waals surface area contributed by atoms with Crippen molar-refractivity contribution in [1.82, 2.24) is 10.2 Å². The Bertz CT molecular complexity index is 387. The van der Waals surface area contributed by atoms with Gasteiger partial charge in [0.15, 0.2) is 5.96 Å². The highest BCUT2D eigenvalue weighted by Crippen LogP contribution is 2.32. The minimum atomic E-state index is -0.0272. The molecule has 1 N–H and O–H groups in total. The van der Waals surface area contributed by atoms with Gasteiger partial charge in [0.05, 0.1) is 18.8 Å². The van der Waals surface area contributed by atoms with Gasteiger partial charge in [0.2, 0.25) is 0 Å². The lowest BCUT2D eigenvalue weighted by Gasteiger charge is -2.36. The quantitative estimate of drug-likeness (QED) is 0.336. The molecule has 2 aliphatic rings. The van der Waals surface area contributed by atoms with Crippen molar-refractivity contribution in [1.29, 1.82) is 0 Å². The fraction of sp³-hybridized carbons (Fsp3) is 0.947. The number of hydrogen-bond acceptors (Lipinski definition) is 3. The summed E-state index contributed by atoms with van der Waals surface area (Å²) in [5.74, 6) is 1.68. The summed E-state index contributed by atoms with van der Waals surface area (Å²) in [5, 5.41) is 3.48. The molecule has 0 radical (unpaired) electrons. The number of hydrogen-bond donors (Lipinski definition) is 1. The Balaban J connectivity index is 0.00000312. The SMILES string of the molecule is CCCOC1(CN=C(NCC)N2CCC(COC)C2)CCCCC1.I. The second kappa shape index (κ2) is 12.3. The molecule has 0 amide bonds. The summed E-state index contributed by atoms with van der Waals surface area (Å²) < 4.78 is 11.6. The lowest BCUT2D eigenvalue weighted by atomic mass is 9.84. The molecule has 25 heavy (non-hydrogen) atoms. The Morgan fingerprint density at radius 1 is 1.24 bits per heavy atom. The van der Waals surface area contributed by atoms with E-state index in [2.05, 4.69) is 24.1 Å². The second-order valence-electron chi connectivity index (χ2n) is 7.32. The Kier molecular flexibility index (Phi) is 11.3. The first-order valence-corrected chi connectivity index (χ1v) is 9.89. The standard InChI is InChI=1S/C19H37N3O2.HI/c1-4-13-24-19(10-7-6-8-11-19)16-21-18(20-5-2)22-12-9-17(14-22)15-23-3;/h17H,4-16H2,1-3H3,(H,20,21);1H. The molecule has 0 bridgehead atoms. The average molecular weight is 467 g/mol. The molecule has 1 heterocycles. The van der Waals surface area contributed by atoms with Gasteiger partial charge in [-0.2, -0.15) is 0 Å². The van der Waals surface area contributed by atoms with Crippen LogP contribution in [0.3, 0.4) is 0 Å². The third kappa shape index (κ3) is 7.21. The van der Waals surface area contributed by atoms with E-state index in [1.807, 2.05) is 0 Å². The van der Waals surface area contributed by atoms with Crippen molar-refractivity contribution in [3.8, 4) is 0 Å². The van der Waals surface area contributed by atoms with Crippen molar-refractivity contribution in [3.05, 3.63) is 0 Å². The van der Waals surface area contributed by atoms with Crippen LogP contribution in [0, 0.1) is 5.92 Å². The molecule has 0 aromatic heterocycles. The molecule has 1 unspecified atom stereocenters. The Morgan fingerprint density at radius 3 is 2.64 bits per heavy atom. The van der Waals surface area contributed by atoms with E-state index in [-0.39, 0.29) is 29.6 Å². The van der Waals surface area contributed by atoms with Gasteiger partial charge in [-0.25, -0.2) is 0 Å². The van der Waals surface area contributed by atoms with E-state index in [0.29, 0.717) is 5.92 Å². The molecule has 2 fully saturated rings.